The van der Waals surface area contributed by atoms with E-state index in [1.165, 1.54) is 11.3 Å². The molecule has 1 aliphatic rings. The van der Waals surface area contributed by atoms with Crippen LogP contribution >= 0.6 is 0 Å². The van der Waals surface area contributed by atoms with Gasteiger partial charge in [-0.1, -0.05) is 25.1 Å². The van der Waals surface area contributed by atoms with E-state index < -0.39 is 0 Å². The van der Waals surface area contributed by atoms with Crippen LogP contribution in [0.5, 0.6) is 0 Å². The Morgan fingerprint density at radius 3 is 2.56 bits per heavy atom. The van der Waals surface area contributed by atoms with Crippen molar-refractivity contribution in [2.75, 3.05) is 32.1 Å². The molecule has 1 aromatic carbocycles. The van der Waals surface area contributed by atoms with Crippen LogP contribution in [-0.2, 0) is 5.54 Å². The van der Waals surface area contributed by atoms with E-state index in [1.807, 2.05) is 0 Å². The summed E-state index contributed by atoms with van der Waals surface area (Å²) in [5.74, 6) is 0. The highest BCUT2D eigenvalue weighted by molar-refractivity contribution is 5.56. The summed E-state index contributed by atoms with van der Waals surface area (Å²) < 4.78 is 0. The lowest BCUT2D eigenvalue weighted by Crippen LogP contribution is -2.41. The number of fused-ring (bicyclic) bond motifs is 1. The van der Waals surface area contributed by atoms with Gasteiger partial charge in [-0.15, -0.1) is 0 Å². The number of likely N-dealkylation sites (N-methyl/N-ethyl adjacent to an activating group) is 2. The number of rotatable bonds is 1. The van der Waals surface area contributed by atoms with Gasteiger partial charge in [0.05, 0.1) is 0 Å². The highest BCUT2D eigenvalue weighted by Crippen LogP contribution is 2.38. The van der Waals surface area contributed by atoms with Crippen LogP contribution in [0.15, 0.2) is 24.3 Å². The zero-order chi connectivity index (χ0) is 11.8. The Kier molecular flexibility index (Phi) is 2.94. The molecule has 0 radical (unpaired) electrons. The highest BCUT2D eigenvalue weighted by atomic mass is 15.2. The summed E-state index contributed by atoms with van der Waals surface area (Å²) in [5.41, 5.74) is 3.01. The van der Waals surface area contributed by atoms with E-state index >= 15 is 0 Å². The Morgan fingerprint density at radius 2 is 1.88 bits per heavy atom. The molecule has 0 saturated heterocycles. The molecule has 0 fully saturated rings. The molecule has 16 heavy (non-hydrogen) atoms. The molecule has 88 valence electrons. The van der Waals surface area contributed by atoms with Crippen molar-refractivity contribution in [2.24, 2.45) is 0 Å². The SMILES string of the molecule is CCC1(C)c2ccccc2N(C)CCN1C. The number of para-hydroxylation sites is 1. The van der Waals surface area contributed by atoms with Gasteiger partial charge in [-0.25, -0.2) is 0 Å². The van der Waals surface area contributed by atoms with Crippen molar-refractivity contribution in [3.8, 4) is 0 Å². The maximum absolute atomic E-state index is 2.48. The Morgan fingerprint density at radius 1 is 1.19 bits per heavy atom. The van der Waals surface area contributed by atoms with E-state index in [-0.39, 0.29) is 5.54 Å². The van der Waals surface area contributed by atoms with Crippen molar-refractivity contribution >= 4 is 5.69 Å². The summed E-state index contributed by atoms with van der Waals surface area (Å²) in [6.07, 6.45) is 1.15. The summed E-state index contributed by atoms with van der Waals surface area (Å²) >= 11 is 0. The highest BCUT2D eigenvalue weighted by Gasteiger charge is 2.34. The van der Waals surface area contributed by atoms with Gasteiger partial charge in [0.25, 0.3) is 0 Å². The van der Waals surface area contributed by atoms with Gasteiger partial charge in [0, 0.05) is 31.4 Å². The quantitative estimate of drug-likeness (QED) is 0.715. The maximum Gasteiger partial charge on any atom is 0.0448 e. The van der Waals surface area contributed by atoms with E-state index in [0.29, 0.717) is 0 Å². The standard InChI is InChI=1S/C14H22N2/c1-5-14(2)12-8-6-7-9-13(12)15(3)10-11-16(14)4/h6-9H,5,10-11H2,1-4H3. The first-order valence-electron chi connectivity index (χ1n) is 6.11. The van der Waals surface area contributed by atoms with Gasteiger partial charge in [0.2, 0.25) is 0 Å². The first kappa shape index (κ1) is 11.5. The second-order valence-corrected chi connectivity index (χ2v) is 4.99. The smallest absolute Gasteiger partial charge is 0.0448 e. The molecule has 2 heteroatoms. The first-order chi connectivity index (χ1) is 7.59. The number of nitrogens with zero attached hydrogens (tertiary/aromatic N) is 2. The lowest BCUT2D eigenvalue weighted by Gasteiger charge is -2.37. The third-order valence-electron chi connectivity index (χ3n) is 4.20. The molecular weight excluding hydrogens is 196 g/mol. The molecule has 2 rings (SSSR count). The van der Waals surface area contributed by atoms with Crippen molar-refractivity contribution in [2.45, 2.75) is 25.8 Å². The number of anilines is 1. The third kappa shape index (κ3) is 1.61. The average Bonchev–Trinajstić information content (AvgIpc) is 2.42. The fourth-order valence-electron chi connectivity index (χ4n) is 2.60. The van der Waals surface area contributed by atoms with E-state index in [4.69, 9.17) is 0 Å². The topological polar surface area (TPSA) is 6.48 Å². The van der Waals surface area contributed by atoms with Crippen LogP contribution in [-0.4, -0.2) is 32.1 Å². The van der Waals surface area contributed by atoms with Crippen LogP contribution in [0, 0.1) is 0 Å². The van der Waals surface area contributed by atoms with E-state index in [9.17, 15) is 0 Å². The van der Waals surface area contributed by atoms with Crippen molar-refractivity contribution in [3.63, 3.8) is 0 Å². The summed E-state index contributed by atoms with van der Waals surface area (Å²) in [6, 6.07) is 8.80. The van der Waals surface area contributed by atoms with Crippen LogP contribution in [0.25, 0.3) is 0 Å². The molecular formula is C14H22N2. The Balaban J connectivity index is 2.57. The molecule has 2 nitrogen and oxygen atoms in total. The van der Waals surface area contributed by atoms with Gasteiger partial charge in [0.1, 0.15) is 0 Å². The summed E-state index contributed by atoms with van der Waals surface area (Å²) in [5, 5.41) is 0. The molecule has 0 bridgehead atoms. The predicted molar refractivity (Wildman–Crippen MR) is 70.0 cm³/mol. The van der Waals surface area contributed by atoms with Gasteiger partial charge in [0.15, 0.2) is 0 Å². The Labute approximate surface area is 98.9 Å². The van der Waals surface area contributed by atoms with Crippen LogP contribution in [0.3, 0.4) is 0 Å². The van der Waals surface area contributed by atoms with E-state index in [1.54, 1.807) is 0 Å². The summed E-state index contributed by atoms with van der Waals surface area (Å²) in [7, 11) is 4.42. The van der Waals surface area contributed by atoms with Gasteiger partial charge in [-0.05, 0) is 32.0 Å². The van der Waals surface area contributed by atoms with Crippen LogP contribution in [0.2, 0.25) is 0 Å². The van der Waals surface area contributed by atoms with Gasteiger partial charge in [-0.3, -0.25) is 4.90 Å². The molecule has 1 unspecified atom stereocenters. The van der Waals surface area contributed by atoms with Gasteiger partial charge >= 0.3 is 0 Å². The molecule has 1 aliphatic heterocycles. The largest absolute Gasteiger partial charge is 0.373 e. The molecule has 1 heterocycles. The molecule has 1 atom stereocenters. The number of hydrogen-bond donors (Lipinski definition) is 0. The fourth-order valence-corrected chi connectivity index (χ4v) is 2.60. The van der Waals surface area contributed by atoms with Crippen molar-refractivity contribution in [1.29, 1.82) is 0 Å². The number of benzene rings is 1. The van der Waals surface area contributed by atoms with Crippen molar-refractivity contribution in [3.05, 3.63) is 29.8 Å². The first-order valence-corrected chi connectivity index (χ1v) is 6.11. The molecule has 0 aromatic heterocycles. The minimum Gasteiger partial charge on any atom is -0.373 e. The molecule has 0 N–H and O–H groups in total. The van der Waals surface area contributed by atoms with Crippen molar-refractivity contribution < 1.29 is 0 Å². The molecule has 1 aromatic rings. The minimum atomic E-state index is 0.168. The third-order valence-corrected chi connectivity index (χ3v) is 4.20. The number of hydrogen-bond acceptors (Lipinski definition) is 2. The lowest BCUT2D eigenvalue weighted by molar-refractivity contribution is 0.141. The zero-order valence-corrected chi connectivity index (χ0v) is 10.8. The predicted octanol–water partition coefficient (Wildman–Crippen LogP) is 2.69. The fraction of sp³-hybridized carbons (Fsp3) is 0.571. The maximum atomic E-state index is 2.48. The summed E-state index contributed by atoms with van der Waals surface area (Å²) in [4.78, 5) is 4.85. The minimum absolute atomic E-state index is 0.168. The second kappa shape index (κ2) is 4.10. The van der Waals surface area contributed by atoms with Gasteiger partial charge in [-0.2, -0.15) is 0 Å². The Bertz CT molecular complexity index is 375. The lowest BCUT2D eigenvalue weighted by atomic mass is 9.87. The average molecular weight is 218 g/mol. The Hall–Kier alpha value is -1.02. The molecule has 0 spiro atoms. The van der Waals surface area contributed by atoms with Crippen LogP contribution < -0.4 is 4.90 Å². The molecule has 0 aliphatic carbocycles. The van der Waals surface area contributed by atoms with Crippen LogP contribution in [0.1, 0.15) is 25.8 Å². The van der Waals surface area contributed by atoms with E-state index in [0.717, 1.165) is 19.5 Å². The van der Waals surface area contributed by atoms with Crippen LogP contribution in [0.4, 0.5) is 5.69 Å². The zero-order valence-electron chi connectivity index (χ0n) is 10.8. The van der Waals surface area contributed by atoms with E-state index in [2.05, 4.69) is 62.0 Å². The molecule has 0 amide bonds. The molecule has 0 saturated carbocycles. The normalized spacial score (nSPS) is 26.4. The van der Waals surface area contributed by atoms with Gasteiger partial charge < -0.3 is 4.90 Å². The van der Waals surface area contributed by atoms with Crippen molar-refractivity contribution in [1.82, 2.24) is 4.90 Å². The summed E-state index contributed by atoms with van der Waals surface area (Å²) in [6.45, 7) is 6.85. The second-order valence-electron chi connectivity index (χ2n) is 4.99. The monoisotopic (exact) mass is 218 g/mol.